The lowest BCUT2D eigenvalue weighted by molar-refractivity contribution is -0.115. The van der Waals surface area contributed by atoms with Gasteiger partial charge in [0.15, 0.2) is 16.1 Å². The van der Waals surface area contributed by atoms with Crippen LogP contribution in [0, 0.1) is 6.92 Å². The van der Waals surface area contributed by atoms with E-state index in [2.05, 4.69) is 20.5 Å². The van der Waals surface area contributed by atoms with Crippen molar-refractivity contribution in [3.8, 4) is 22.6 Å². The fourth-order valence-electron chi connectivity index (χ4n) is 2.76. The number of carbonyl (C=O) groups is 1. The average Bonchev–Trinajstić information content (AvgIpc) is 3.44. The standard InChI is InChI=1S/C20H19N5O2S2/c1-12-15(9-10-27-12)17-23-24-20(25(17)3)29-13(2)18(26)22-19-21-16(11-28-19)14-7-5-4-6-8-14/h4-11,13H,1-3H3,(H,21,22,26)/t13-/m1/s1. The SMILES string of the molecule is Cc1occc1-c1nnc(S[C@H](C)C(=O)Nc2nc(-c3ccccc3)cs2)n1C. The fourth-order valence-corrected chi connectivity index (χ4v) is 4.30. The molecule has 0 aliphatic rings. The van der Waals surface area contributed by atoms with Crippen LogP contribution in [0.1, 0.15) is 12.7 Å². The first kappa shape index (κ1) is 19.4. The molecule has 1 amide bonds. The van der Waals surface area contributed by atoms with Gasteiger partial charge in [-0.2, -0.15) is 0 Å². The molecule has 29 heavy (non-hydrogen) atoms. The van der Waals surface area contributed by atoms with Crippen LogP contribution in [0.4, 0.5) is 5.13 Å². The highest BCUT2D eigenvalue weighted by atomic mass is 32.2. The molecule has 0 unspecified atom stereocenters. The van der Waals surface area contributed by atoms with Gasteiger partial charge in [-0.05, 0) is 19.9 Å². The molecule has 0 radical (unpaired) electrons. The third-order valence-corrected chi connectivity index (χ3v) is 6.28. The zero-order valence-electron chi connectivity index (χ0n) is 16.1. The molecular weight excluding hydrogens is 406 g/mol. The Kier molecular flexibility index (Phi) is 5.50. The first-order valence-corrected chi connectivity index (χ1v) is 10.7. The highest BCUT2D eigenvalue weighted by Crippen LogP contribution is 2.29. The van der Waals surface area contributed by atoms with Crippen LogP contribution in [0.5, 0.6) is 0 Å². The third-order valence-electron chi connectivity index (χ3n) is 4.39. The predicted octanol–water partition coefficient (Wildman–Crippen LogP) is 4.63. The number of anilines is 1. The number of thiazole rings is 1. The number of hydrogen-bond acceptors (Lipinski definition) is 7. The zero-order valence-corrected chi connectivity index (χ0v) is 17.8. The van der Waals surface area contributed by atoms with Gasteiger partial charge in [0.05, 0.1) is 22.8 Å². The highest BCUT2D eigenvalue weighted by molar-refractivity contribution is 8.00. The quantitative estimate of drug-likeness (QED) is 0.454. The van der Waals surface area contributed by atoms with E-state index < -0.39 is 0 Å². The molecule has 4 aromatic rings. The number of aryl methyl sites for hydroxylation is 1. The van der Waals surface area contributed by atoms with Crippen molar-refractivity contribution in [2.75, 3.05) is 5.32 Å². The maximum Gasteiger partial charge on any atom is 0.239 e. The van der Waals surface area contributed by atoms with Crippen LogP contribution in [0.15, 0.2) is 57.6 Å². The zero-order chi connectivity index (χ0) is 20.4. The molecule has 0 spiro atoms. The van der Waals surface area contributed by atoms with Gasteiger partial charge in [-0.3, -0.25) is 4.79 Å². The molecule has 9 heteroatoms. The Morgan fingerprint density at radius 1 is 1.24 bits per heavy atom. The molecule has 3 heterocycles. The van der Waals surface area contributed by atoms with Gasteiger partial charge in [0.25, 0.3) is 0 Å². The van der Waals surface area contributed by atoms with Crippen LogP contribution in [0.2, 0.25) is 0 Å². The van der Waals surface area contributed by atoms with Gasteiger partial charge in [-0.1, -0.05) is 42.1 Å². The molecule has 0 aliphatic heterocycles. The summed E-state index contributed by atoms with van der Waals surface area (Å²) in [5, 5.41) is 14.2. The van der Waals surface area contributed by atoms with Crippen LogP contribution >= 0.6 is 23.1 Å². The largest absolute Gasteiger partial charge is 0.469 e. The van der Waals surface area contributed by atoms with Crippen molar-refractivity contribution in [1.29, 1.82) is 0 Å². The van der Waals surface area contributed by atoms with Crippen molar-refractivity contribution in [2.45, 2.75) is 24.3 Å². The lowest BCUT2D eigenvalue weighted by Crippen LogP contribution is -2.22. The predicted molar refractivity (Wildman–Crippen MR) is 115 cm³/mol. The van der Waals surface area contributed by atoms with Crippen LogP contribution < -0.4 is 5.32 Å². The monoisotopic (exact) mass is 425 g/mol. The Labute approximate surface area is 176 Å². The molecule has 0 bridgehead atoms. The van der Waals surface area contributed by atoms with Gasteiger partial charge in [-0.25, -0.2) is 4.98 Å². The molecule has 1 atom stereocenters. The van der Waals surface area contributed by atoms with E-state index in [1.165, 1.54) is 23.1 Å². The summed E-state index contributed by atoms with van der Waals surface area (Å²) in [6.07, 6.45) is 1.62. The second kappa shape index (κ2) is 8.22. The summed E-state index contributed by atoms with van der Waals surface area (Å²) in [6, 6.07) is 11.7. The van der Waals surface area contributed by atoms with Crippen LogP contribution in [0.25, 0.3) is 22.6 Å². The van der Waals surface area contributed by atoms with Crippen molar-refractivity contribution in [3.63, 3.8) is 0 Å². The van der Waals surface area contributed by atoms with E-state index in [0.717, 1.165) is 22.6 Å². The maximum absolute atomic E-state index is 12.6. The van der Waals surface area contributed by atoms with Crippen LogP contribution in [0.3, 0.4) is 0 Å². The van der Waals surface area contributed by atoms with E-state index >= 15 is 0 Å². The molecule has 0 aliphatic carbocycles. The minimum atomic E-state index is -0.361. The van der Waals surface area contributed by atoms with Gasteiger partial charge in [0.1, 0.15) is 5.76 Å². The number of aromatic nitrogens is 4. The average molecular weight is 426 g/mol. The number of amides is 1. The van der Waals surface area contributed by atoms with Crippen molar-refractivity contribution in [3.05, 3.63) is 53.8 Å². The Hall–Kier alpha value is -2.91. The topological polar surface area (TPSA) is 85.8 Å². The lowest BCUT2D eigenvalue weighted by atomic mass is 10.2. The number of rotatable bonds is 6. The third kappa shape index (κ3) is 4.10. The van der Waals surface area contributed by atoms with Gasteiger partial charge in [0, 0.05) is 18.0 Å². The highest BCUT2D eigenvalue weighted by Gasteiger charge is 2.21. The number of hydrogen-bond donors (Lipinski definition) is 1. The normalized spacial score (nSPS) is 12.1. The Morgan fingerprint density at radius 2 is 2.03 bits per heavy atom. The van der Waals surface area contributed by atoms with Gasteiger partial charge in [0.2, 0.25) is 5.91 Å². The molecule has 0 saturated heterocycles. The summed E-state index contributed by atoms with van der Waals surface area (Å²) in [5.74, 6) is 1.35. The van der Waals surface area contributed by atoms with Gasteiger partial charge < -0.3 is 14.3 Å². The second-order valence-corrected chi connectivity index (χ2v) is 8.57. The molecular formula is C20H19N5O2S2. The Morgan fingerprint density at radius 3 is 2.76 bits per heavy atom. The lowest BCUT2D eigenvalue weighted by Gasteiger charge is -2.10. The summed E-state index contributed by atoms with van der Waals surface area (Å²) < 4.78 is 7.21. The summed E-state index contributed by atoms with van der Waals surface area (Å²) in [6.45, 7) is 3.72. The van der Waals surface area contributed by atoms with E-state index in [4.69, 9.17) is 4.42 Å². The van der Waals surface area contributed by atoms with Gasteiger partial charge in [-0.15, -0.1) is 21.5 Å². The smallest absolute Gasteiger partial charge is 0.239 e. The Balaban J connectivity index is 1.42. The number of furan rings is 1. The van der Waals surface area contributed by atoms with Gasteiger partial charge >= 0.3 is 0 Å². The minimum Gasteiger partial charge on any atom is -0.469 e. The fraction of sp³-hybridized carbons (Fsp3) is 0.200. The van der Waals surface area contributed by atoms with E-state index in [1.54, 1.807) is 6.26 Å². The summed E-state index contributed by atoms with van der Waals surface area (Å²) in [7, 11) is 1.88. The second-order valence-electron chi connectivity index (χ2n) is 6.41. The molecule has 7 nitrogen and oxygen atoms in total. The molecule has 4 rings (SSSR count). The number of benzene rings is 1. The summed E-state index contributed by atoms with van der Waals surface area (Å²) >= 11 is 2.76. The van der Waals surface area contributed by atoms with E-state index in [0.29, 0.717) is 16.1 Å². The minimum absolute atomic E-state index is 0.131. The first-order valence-electron chi connectivity index (χ1n) is 8.95. The van der Waals surface area contributed by atoms with E-state index in [-0.39, 0.29) is 11.2 Å². The van der Waals surface area contributed by atoms with Crippen LogP contribution in [-0.2, 0) is 11.8 Å². The number of nitrogens with one attached hydrogen (secondary N) is 1. The molecule has 1 aromatic carbocycles. The number of thioether (sulfide) groups is 1. The van der Waals surface area contributed by atoms with Crippen LogP contribution in [-0.4, -0.2) is 30.9 Å². The van der Waals surface area contributed by atoms with Crippen molar-refractivity contribution in [1.82, 2.24) is 19.7 Å². The summed E-state index contributed by atoms with van der Waals surface area (Å²) in [5.41, 5.74) is 2.76. The summed E-state index contributed by atoms with van der Waals surface area (Å²) in [4.78, 5) is 17.1. The van der Waals surface area contributed by atoms with Crippen molar-refractivity contribution >= 4 is 34.1 Å². The molecule has 0 saturated carbocycles. The maximum atomic E-state index is 12.6. The van der Waals surface area contributed by atoms with E-state index in [9.17, 15) is 4.79 Å². The molecule has 0 fully saturated rings. The molecule has 148 valence electrons. The molecule has 3 aromatic heterocycles. The first-order chi connectivity index (χ1) is 14.0. The Bertz CT molecular complexity index is 1130. The van der Waals surface area contributed by atoms with E-state index in [1.807, 2.05) is 67.2 Å². The van der Waals surface area contributed by atoms with Crippen molar-refractivity contribution in [2.24, 2.45) is 7.05 Å². The number of nitrogens with zero attached hydrogens (tertiary/aromatic N) is 4. The van der Waals surface area contributed by atoms with Crippen molar-refractivity contribution < 1.29 is 9.21 Å². The molecule has 1 N–H and O–H groups in total. The number of carbonyl (C=O) groups excluding carboxylic acids is 1.